The third kappa shape index (κ3) is 3.46. The molecule has 0 N–H and O–H groups in total. The Hall–Kier alpha value is -1.17. The van der Waals surface area contributed by atoms with Crippen LogP contribution in [0.4, 0.5) is 13.2 Å². The van der Waals surface area contributed by atoms with Crippen LogP contribution >= 0.6 is 15.9 Å². The van der Waals surface area contributed by atoms with Crippen LogP contribution in [-0.4, -0.2) is 47.5 Å². The molecule has 2 aromatic rings. The predicted octanol–water partition coefficient (Wildman–Crippen LogP) is 4.14. The van der Waals surface area contributed by atoms with Gasteiger partial charge >= 0.3 is 15.5 Å². The van der Waals surface area contributed by atoms with E-state index in [1.807, 2.05) is 22.8 Å². The topological polar surface area (TPSA) is 64.4 Å². The minimum atomic E-state index is -5.29. The molecule has 154 valence electrons. The first-order chi connectivity index (χ1) is 13.2. The van der Waals surface area contributed by atoms with Crippen LogP contribution in [0.3, 0.4) is 0 Å². The van der Waals surface area contributed by atoms with Gasteiger partial charge in [0.15, 0.2) is 0 Å². The molecule has 0 aliphatic carbocycles. The van der Waals surface area contributed by atoms with Gasteiger partial charge in [-0.05, 0) is 43.9 Å². The third-order valence-electron chi connectivity index (χ3n) is 5.32. The van der Waals surface area contributed by atoms with Gasteiger partial charge in [0.05, 0.1) is 11.0 Å². The second-order valence-corrected chi connectivity index (χ2v) is 9.90. The van der Waals surface area contributed by atoms with E-state index in [9.17, 15) is 21.6 Å². The Kier molecular flexibility index (Phi) is 5.22. The molecular weight excluding hydrogens is 463 g/mol. The lowest BCUT2D eigenvalue weighted by Crippen LogP contribution is -2.45. The molecule has 0 saturated carbocycles. The standard InChI is InChI=1S/C17H19BrF3N3O3S/c18-11-3-4-13-14(10-11)24(16(22-13)15-2-1-9-27-15)12-5-7-23(8-6-12)28(25,26)17(19,20)21/h3-4,10,12,15H,1-2,5-9H2. The van der Waals surface area contributed by atoms with Crippen molar-refractivity contribution in [2.24, 2.45) is 0 Å². The number of sulfonamides is 1. The van der Waals surface area contributed by atoms with Crippen molar-refractivity contribution >= 4 is 37.0 Å². The first-order valence-electron chi connectivity index (χ1n) is 9.04. The quantitative estimate of drug-likeness (QED) is 0.660. The number of ether oxygens (including phenoxy) is 1. The summed E-state index contributed by atoms with van der Waals surface area (Å²) in [6, 6.07) is 5.56. The van der Waals surface area contributed by atoms with Gasteiger partial charge in [-0.15, -0.1) is 0 Å². The lowest BCUT2D eigenvalue weighted by molar-refractivity contribution is -0.0496. The van der Waals surface area contributed by atoms with Crippen LogP contribution in [0.5, 0.6) is 0 Å². The van der Waals surface area contributed by atoms with Crippen molar-refractivity contribution in [1.29, 1.82) is 0 Å². The summed E-state index contributed by atoms with van der Waals surface area (Å²) in [6.07, 6.45) is 2.19. The van der Waals surface area contributed by atoms with Crippen LogP contribution in [0.15, 0.2) is 22.7 Å². The van der Waals surface area contributed by atoms with Crippen LogP contribution in [-0.2, 0) is 14.8 Å². The SMILES string of the molecule is O=S(=O)(N1CCC(n2c(C3CCCO3)nc3ccc(Br)cc32)CC1)C(F)(F)F. The highest BCUT2D eigenvalue weighted by molar-refractivity contribution is 9.10. The molecule has 6 nitrogen and oxygen atoms in total. The van der Waals surface area contributed by atoms with Crippen LogP contribution in [0.2, 0.25) is 0 Å². The van der Waals surface area contributed by atoms with E-state index in [-0.39, 0.29) is 38.1 Å². The fourth-order valence-corrected chi connectivity index (χ4v) is 5.30. The lowest BCUT2D eigenvalue weighted by atomic mass is 10.1. The van der Waals surface area contributed by atoms with Gasteiger partial charge in [0.25, 0.3) is 0 Å². The normalized spacial score (nSPS) is 22.9. The Labute approximate surface area is 168 Å². The summed E-state index contributed by atoms with van der Waals surface area (Å²) < 4.78 is 71.1. The fraction of sp³-hybridized carbons (Fsp3) is 0.588. The molecular formula is C17H19BrF3N3O3S. The molecule has 2 fully saturated rings. The number of alkyl halides is 3. The van der Waals surface area contributed by atoms with Crippen molar-refractivity contribution in [3.05, 3.63) is 28.5 Å². The number of hydrogen-bond donors (Lipinski definition) is 0. The number of halogens is 4. The van der Waals surface area contributed by atoms with Gasteiger partial charge in [-0.2, -0.15) is 17.5 Å². The molecule has 0 spiro atoms. The molecule has 3 heterocycles. The molecule has 1 unspecified atom stereocenters. The number of benzene rings is 1. The van der Waals surface area contributed by atoms with Crippen molar-refractivity contribution in [2.75, 3.05) is 19.7 Å². The summed E-state index contributed by atoms with van der Waals surface area (Å²) in [5, 5.41) is 0. The van der Waals surface area contributed by atoms with Gasteiger partial charge in [0, 0.05) is 30.2 Å². The molecule has 1 aromatic carbocycles. The molecule has 28 heavy (non-hydrogen) atoms. The van der Waals surface area contributed by atoms with Gasteiger partial charge in [-0.3, -0.25) is 0 Å². The minimum Gasteiger partial charge on any atom is -0.370 e. The van der Waals surface area contributed by atoms with Gasteiger partial charge in [-0.25, -0.2) is 13.4 Å². The number of hydrogen-bond acceptors (Lipinski definition) is 4. The highest BCUT2D eigenvalue weighted by Crippen LogP contribution is 2.38. The van der Waals surface area contributed by atoms with E-state index < -0.39 is 15.5 Å². The van der Waals surface area contributed by atoms with E-state index >= 15 is 0 Å². The number of rotatable bonds is 3. The van der Waals surface area contributed by atoms with Crippen molar-refractivity contribution in [2.45, 2.75) is 43.3 Å². The zero-order chi connectivity index (χ0) is 20.1. The molecule has 4 rings (SSSR count). The second-order valence-electron chi connectivity index (χ2n) is 7.06. The van der Waals surface area contributed by atoms with Gasteiger partial charge in [0.2, 0.25) is 0 Å². The van der Waals surface area contributed by atoms with Crippen LogP contribution < -0.4 is 0 Å². The minimum absolute atomic E-state index is 0.141. The van der Waals surface area contributed by atoms with E-state index in [1.54, 1.807) is 0 Å². The lowest BCUT2D eigenvalue weighted by Gasteiger charge is -2.33. The molecule has 0 bridgehead atoms. The van der Waals surface area contributed by atoms with E-state index in [2.05, 4.69) is 15.9 Å². The predicted molar refractivity (Wildman–Crippen MR) is 100 cm³/mol. The van der Waals surface area contributed by atoms with Crippen LogP contribution in [0.1, 0.15) is 43.7 Å². The Balaban J connectivity index is 1.66. The summed E-state index contributed by atoms with van der Waals surface area (Å²) in [5.74, 6) is 0.766. The Morgan fingerprint density at radius 2 is 1.89 bits per heavy atom. The van der Waals surface area contributed by atoms with Gasteiger partial charge in [0.1, 0.15) is 11.9 Å². The first kappa shape index (κ1) is 20.1. The first-order valence-corrected chi connectivity index (χ1v) is 11.3. The van der Waals surface area contributed by atoms with Gasteiger partial charge < -0.3 is 9.30 Å². The summed E-state index contributed by atoms with van der Waals surface area (Å²) in [4.78, 5) is 4.72. The van der Waals surface area contributed by atoms with Crippen LogP contribution in [0.25, 0.3) is 11.0 Å². The zero-order valence-electron chi connectivity index (χ0n) is 14.8. The van der Waals surface area contributed by atoms with E-state index in [1.165, 1.54) is 0 Å². The van der Waals surface area contributed by atoms with Crippen LogP contribution in [0, 0.1) is 0 Å². The largest absolute Gasteiger partial charge is 0.511 e. The maximum absolute atomic E-state index is 12.8. The van der Waals surface area contributed by atoms with E-state index in [4.69, 9.17) is 9.72 Å². The molecule has 2 aliphatic rings. The molecule has 0 radical (unpaired) electrons. The molecule has 1 aromatic heterocycles. The molecule has 2 aliphatic heterocycles. The zero-order valence-corrected chi connectivity index (χ0v) is 17.2. The highest BCUT2D eigenvalue weighted by atomic mass is 79.9. The Morgan fingerprint density at radius 1 is 1.18 bits per heavy atom. The maximum atomic E-state index is 12.8. The average Bonchev–Trinajstić information content (AvgIpc) is 3.28. The Bertz CT molecular complexity index is 979. The van der Waals surface area contributed by atoms with Crippen molar-refractivity contribution < 1.29 is 26.3 Å². The number of fused-ring (bicyclic) bond motifs is 1. The summed E-state index contributed by atoms with van der Waals surface area (Å²) >= 11 is 3.46. The van der Waals surface area contributed by atoms with E-state index in [0.717, 1.165) is 34.2 Å². The summed E-state index contributed by atoms with van der Waals surface area (Å²) in [5.41, 5.74) is -3.61. The van der Waals surface area contributed by atoms with Gasteiger partial charge in [-0.1, -0.05) is 15.9 Å². The number of nitrogens with zero attached hydrogens (tertiary/aromatic N) is 3. The highest BCUT2D eigenvalue weighted by Gasteiger charge is 2.50. The molecule has 11 heteroatoms. The van der Waals surface area contributed by atoms with E-state index in [0.29, 0.717) is 10.9 Å². The number of imidazole rings is 1. The number of aromatic nitrogens is 2. The second kappa shape index (κ2) is 7.26. The molecule has 0 amide bonds. The fourth-order valence-electron chi connectivity index (χ4n) is 3.96. The average molecular weight is 482 g/mol. The smallest absolute Gasteiger partial charge is 0.370 e. The summed E-state index contributed by atoms with van der Waals surface area (Å²) in [6.45, 7) is 0.302. The number of piperidine rings is 1. The van der Waals surface area contributed by atoms with Crippen molar-refractivity contribution in [3.8, 4) is 0 Å². The molecule has 2 saturated heterocycles. The van der Waals surface area contributed by atoms with Crippen molar-refractivity contribution in [3.63, 3.8) is 0 Å². The third-order valence-corrected chi connectivity index (χ3v) is 7.44. The molecule has 1 atom stereocenters. The van der Waals surface area contributed by atoms with Crippen molar-refractivity contribution in [1.82, 2.24) is 13.9 Å². The maximum Gasteiger partial charge on any atom is 0.511 e. The monoisotopic (exact) mass is 481 g/mol. The summed E-state index contributed by atoms with van der Waals surface area (Å²) in [7, 11) is -5.29. The Morgan fingerprint density at radius 3 is 2.50 bits per heavy atom.